The fourth-order valence-corrected chi connectivity index (χ4v) is 3.86. The average molecular weight is 336 g/mol. The number of rotatable bonds is 5. The second kappa shape index (κ2) is 5.88. The van der Waals surface area contributed by atoms with Gasteiger partial charge in [-0.3, -0.25) is 4.79 Å². The van der Waals surface area contributed by atoms with Gasteiger partial charge < -0.3 is 4.90 Å². The van der Waals surface area contributed by atoms with Crippen molar-refractivity contribution >= 4 is 27.5 Å². The fourth-order valence-electron chi connectivity index (χ4n) is 3.03. The number of carbonyl (C=O) groups excluding carboxylic acids is 1. The Kier molecular flexibility index (Phi) is 4.16. The first kappa shape index (κ1) is 14.1. The number of anilines is 1. The number of hydrogen-bond acceptors (Lipinski definition) is 1. The van der Waals surface area contributed by atoms with Gasteiger partial charge in [0.25, 0.3) is 0 Å². The minimum atomic E-state index is 0.317. The zero-order valence-corrected chi connectivity index (χ0v) is 13.7. The van der Waals surface area contributed by atoms with E-state index in [1.165, 1.54) is 24.0 Å². The molecule has 1 amide bonds. The van der Waals surface area contributed by atoms with Crippen LogP contribution in [0.4, 0.5) is 5.69 Å². The molecule has 3 rings (SSSR count). The quantitative estimate of drug-likeness (QED) is 0.742. The average Bonchev–Trinajstić information content (AvgIpc) is 3.18. The van der Waals surface area contributed by atoms with Crippen molar-refractivity contribution in [3.63, 3.8) is 0 Å². The van der Waals surface area contributed by atoms with E-state index in [0.717, 1.165) is 37.9 Å². The molecule has 1 aromatic carbocycles. The fraction of sp³-hybridized carbons (Fsp3) is 0.588. The zero-order chi connectivity index (χ0) is 14.1. The summed E-state index contributed by atoms with van der Waals surface area (Å²) in [6.45, 7) is 3.10. The molecule has 0 bridgehead atoms. The van der Waals surface area contributed by atoms with Crippen molar-refractivity contribution in [3.05, 3.63) is 29.3 Å². The Morgan fingerprint density at radius 2 is 2.25 bits per heavy atom. The zero-order valence-electron chi connectivity index (χ0n) is 12.1. The Balaban J connectivity index is 1.72. The van der Waals surface area contributed by atoms with Gasteiger partial charge in [-0.15, -0.1) is 0 Å². The van der Waals surface area contributed by atoms with Crippen LogP contribution in [-0.4, -0.2) is 17.3 Å². The molecule has 0 N–H and O–H groups in total. The van der Waals surface area contributed by atoms with Crippen molar-refractivity contribution in [2.75, 3.05) is 11.4 Å². The van der Waals surface area contributed by atoms with Crippen LogP contribution in [0.3, 0.4) is 0 Å². The molecule has 0 spiro atoms. The van der Waals surface area contributed by atoms with E-state index < -0.39 is 0 Å². The summed E-state index contributed by atoms with van der Waals surface area (Å²) in [6.07, 6.45) is 6.70. The van der Waals surface area contributed by atoms with E-state index in [1.54, 1.807) is 0 Å². The molecule has 1 aromatic rings. The van der Waals surface area contributed by atoms with E-state index in [4.69, 9.17) is 0 Å². The summed E-state index contributed by atoms with van der Waals surface area (Å²) < 4.78 is 0. The first-order valence-electron chi connectivity index (χ1n) is 7.76. The van der Waals surface area contributed by atoms with Crippen molar-refractivity contribution in [2.45, 2.75) is 50.3 Å². The van der Waals surface area contributed by atoms with Crippen molar-refractivity contribution in [1.29, 1.82) is 0 Å². The Morgan fingerprint density at radius 3 is 2.95 bits per heavy atom. The van der Waals surface area contributed by atoms with Gasteiger partial charge in [0.1, 0.15) is 0 Å². The van der Waals surface area contributed by atoms with Gasteiger partial charge in [-0.2, -0.15) is 0 Å². The molecule has 0 aromatic heterocycles. The second-order valence-electron chi connectivity index (χ2n) is 6.07. The molecule has 1 heterocycles. The number of hydrogen-bond donors (Lipinski definition) is 0. The lowest BCUT2D eigenvalue weighted by Gasteiger charge is -2.17. The first-order valence-corrected chi connectivity index (χ1v) is 8.68. The van der Waals surface area contributed by atoms with Crippen molar-refractivity contribution in [2.24, 2.45) is 5.92 Å². The van der Waals surface area contributed by atoms with E-state index in [0.29, 0.717) is 16.7 Å². The van der Waals surface area contributed by atoms with Gasteiger partial charge in [-0.05, 0) is 49.3 Å². The lowest BCUT2D eigenvalue weighted by molar-refractivity contribution is -0.119. The predicted molar refractivity (Wildman–Crippen MR) is 86.6 cm³/mol. The molecular weight excluding hydrogens is 314 g/mol. The van der Waals surface area contributed by atoms with Crippen molar-refractivity contribution in [3.8, 4) is 0 Å². The normalized spacial score (nSPS) is 19.0. The first-order chi connectivity index (χ1) is 9.69. The summed E-state index contributed by atoms with van der Waals surface area (Å²) in [5.74, 6) is 0.665. The van der Waals surface area contributed by atoms with Gasteiger partial charge in [0.15, 0.2) is 0 Å². The van der Waals surface area contributed by atoms with Gasteiger partial charge in [0.05, 0.1) is 0 Å². The molecular formula is C17H22BrNO. The lowest BCUT2D eigenvalue weighted by Crippen LogP contribution is -2.30. The standard InChI is InChI=1S/C17H22BrNO/c1-2-3-15(18)11-12-4-7-16-14(10-12)8-9-19(16)17(20)13-5-6-13/h4,7,10,13,15H,2-3,5-6,8-9,11H2,1H3. The number of nitrogens with zero attached hydrogens (tertiary/aromatic N) is 1. The largest absolute Gasteiger partial charge is 0.312 e. The maximum atomic E-state index is 12.2. The molecule has 2 nitrogen and oxygen atoms in total. The predicted octanol–water partition coefficient (Wildman–Crippen LogP) is 4.09. The van der Waals surface area contributed by atoms with E-state index in [2.05, 4.69) is 41.1 Å². The molecule has 108 valence electrons. The highest BCUT2D eigenvalue weighted by Gasteiger charge is 2.36. The third kappa shape index (κ3) is 2.93. The third-order valence-corrected chi connectivity index (χ3v) is 5.07. The Labute approximate surface area is 129 Å². The Bertz CT molecular complexity index is 510. The van der Waals surface area contributed by atoms with Crippen LogP contribution in [0.15, 0.2) is 18.2 Å². The summed E-state index contributed by atoms with van der Waals surface area (Å²) >= 11 is 3.75. The molecule has 3 heteroatoms. The number of alkyl halides is 1. The van der Waals surface area contributed by atoms with Gasteiger partial charge in [0, 0.05) is 23.0 Å². The van der Waals surface area contributed by atoms with Crippen LogP contribution < -0.4 is 4.90 Å². The van der Waals surface area contributed by atoms with Crippen LogP contribution in [0.5, 0.6) is 0 Å². The molecule has 1 saturated carbocycles. The highest BCUT2D eigenvalue weighted by molar-refractivity contribution is 9.09. The monoisotopic (exact) mass is 335 g/mol. The van der Waals surface area contributed by atoms with Crippen molar-refractivity contribution < 1.29 is 4.79 Å². The molecule has 2 aliphatic rings. The summed E-state index contributed by atoms with van der Waals surface area (Å²) in [7, 11) is 0. The van der Waals surface area contributed by atoms with E-state index in [9.17, 15) is 4.79 Å². The van der Waals surface area contributed by atoms with E-state index in [1.807, 2.05) is 4.90 Å². The molecule has 1 fully saturated rings. The summed E-state index contributed by atoms with van der Waals surface area (Å²) in [5, 5.41) is 0. The number of benzene rings is 1. The van der Waals surface area contributed by atoms with Gasteiger partial charge in [0.2, 0.25) is 5.91 Å². The molecule has 1 atom stereocenters. The topological polar surface area (TPSA) is 20.3 Å². The lowest BCUT2D eigenvalue weighted by atomic mass is 10.0. The van der Waals surface area contributed by atoms with Crippen LogP contribution in [0.25, 0.3) is 0 Å². The number of fused-ring (bicyclic) bond motifs is 1. The van der Waals surface area contributed by atoms with Crippen LogP contribution in [0.1, 0.15) is 43.7 Å². The van der Waals surface area contributed by atoms with Crippen LogP contribution in [0.2, 0.25) is 0 Å². The smallest absolute Gasteiger partial charge is 0.230 e. The van der Waals surface area contributed by atoms with Gasteiger partial charge in [-0.25, -0.2) is 0 Å². The van der Waals surface area contributed by atoms with Crippen molar-refractivity contribution in [1.82, 2.24) is 0 Å². The van der Waals surface area contributed by atoms with Gasteiger partial charge in [-0.1, -0.05) is 41.4 Å². The Morgan fingerprint density at radius 1 is 1.45 bits per heavy atom. The number of carbonyl (C=O) groups is 1. The maximum Gasteiger partial charge on any atom is 0.230 e. The number of halogens is 1. The maximum absolute atomic E-state index is 12.2. The number of amides is 1. The third-order valence-electron chi connectivity index (χ3n) is 4.29. The molecule has 1 aliphatic heterocycles. The van der Waals surface area contributed by atoms with Crippen LogP contribution >= 0.6 is 15.9 Å². The highest BCUT2D eigenvalue weighted by Crippen LogP contribution is 2.36. The van der Waals surface area contributed by atoms with E-state index >= 15 is 0 Å². The van der Waals surface area contributed by atoms with Crippen LogP contribution in [-0.2, 0) is 17.6 Å². The summed E-state index contributed by atoms with van der Waals surface area (Å²) in [4.78, 5) is 14.8. The van der Waals surface area contributed by atoms with Gasteiger partial charge >= 0.3 is 0 Å². The molecule has 20 heavy (non-hydrogen) atoms. The minimum absolute atomic E-state index is 0.317. The van der Waals surface area contributed by atoms with Crippen LogP contribution in [0, 0.1) is 5.92 Å². The van der Waals surface area contributed by atoms with E-state index in [-0.39, 0.29) is 0 Å². The highest BCUT2D eigenvalue weighted by atomic mass is 79.9. The SMILES string of the molecule is CCCC(Br)Cc1ccc2c(c1)CCN2C(=O)C1CC1. The summed E-state index contributed by atoms with van der Waals surface area (Å²) in [6, 6.07) is 6.66. The molecule has 1 aliphatic carbocycles. The molecule has 1 unspecified atom stereocenters. The molecule has 0 radical (unpaired) electrons. The summed E-state index contributed by atoms with van der Waals surface area (Å²) in [5.41, 5.74) is 3.90. The minimum Gasteiger partial charge on any atom is -0.312 e. The Hall–Kier alpha value is -0.830. The molecule has 0 saturated heterocycles. The second-order valence-corrected chi connectivity index (χ2v) is 7.36.